The van der Waals surface area contributed by atoms with Crippen molar-refractivity contribution in [1.29, 1.82) is 0 Å². The van der Waals surface area contributed by atoms with Crippen LogP contribution in [-0.2, 0) is 6.54 Å². The zero-order chi connectivity index (χ0) is 20.3. The Kier molecular flexibility index (Phi) is 6.16. The van der Waals surface area contributed by atoms with E-state index in [0.717, 1.165) is 17.2 Å². The van der Waals surface area contributed by atoms with E-state index < -0.39 is 29.3 Å². The van der Waals surface area contributed by atoms with E-state index in [-0.39, 0.29) is 11.6 Å². The lowest BCUT2D eigenvalue weighted by Gasteiger charge is -2.29. The number of halogens is 3. The number of amides is 1. The van der Waals surface area contributed by atoms with Crippen LogP contribution in [0.4, 0.5) is 13.2 Å². The first-order chi connectivity index (χ1) is 13.3. The maximum Gasteiger partial charge on any atom is 0.248 e. The number of hydrogen-bond donors (Lipinski definition) is 3. The summed E-state index contributed by atoms with van der Waals surface area (Å²) < 4.78 is 40.7. The topological polar surface area (TPSA) is 81.1 Å². The molecule has 0 saturated carbocycles. The van der Waals surface area contributed by atoms with Crippen LogP contribution >= 0.6 is 0 Å². The van der Waals surface area contributed by atoms with Crippen molar-refractivity contribution in [3.63, 3.8) is 0 Å². The summed E-state index contributed by atoms with van der Waals surface area (Å²) in [5.74, 6) is -3.92. The average molecular weight is 389 g/mol. The molecule has 7 heteroatoms. The van der Waals surface area contributed by atoms with Gasteiger partial charge in [0, 0.05) is 36.7 Å². The highest BCUT2D eigenvalue weighted by Crippen LogP contribution is 2.33. The second-order valence-electron chi connectivity index (χ2n) is 7.03. The maximum absolute atomic E-state index is 14.0. The molecular weight excluding hydrogens is 367 g/mol. The van der Waals surface area contributed by atoms with E-state index in [1.54, 1.807) is 18.2 Å². The van der Waals surface area contributed by atoms with E-state index in [9.17, 15) is 18.0 Å². The predicted octanol–water partition coefficient (Wildman–Crippen LogP) is 3.12. The summed E-state index contributed by atoms with van der Waals surface area (Å²) in [5, 5.41) is 3.28. The van der Waals surface area contributed by atoms with Crippen LogP contribution in [0, 0.1) is 17.5 Å². The normalized spacial score (nSPS) is 19.4. The Hall–Kier alpha value is -2.64. The summed E-state index contributed by atoms with van der Waals surface area (Å²) in [5.41, 5.74) is 14.0. The summed E-state index contributed by atoms with van der Waals surface area (Å²) in [7, 11) is 0. The van der Waals surface area contributed by atoms with Gasteiger partial charge in [-0.25, -0.2) is 13.2 Å². The predicted molar refractivity (Wildman–Crippen MR) is 101 cm³/mol. The molecule has 1 aliphatic carbocycles. The first kappa shape index (κ1) is 20.1. The summed E-state index contributed by atoms with van der Waals surface area (Å²) in [6.45, 7) is 1.14. The van der Waals surface area contributed by atoms with Crippen LogP contribution in [0.1, 0.15) is 40.2 Å². The smallest absolute Gasteiger partial charge is 0.248 e. The molecule has 2 aromatic carbocycles. The molecular formula is C21H22F3N3O. The Balaban J connectivity index is 1.60. The van der Waals surface area contributed by atoms with E-state index in [0.29, 0.717) is 37.6 Å². The summed E-state index contributed by atoms with van der Waals surface area (Å²) in [6, 6.07) is 8.14. The molecule has 0 saturated heterocycles. The van der Waals surface area contributed by atoms with Crippen LogP contribution in [0.2, 0.25) is 0 Å². The summed E-state index contributed by atoms with van der Waals surface area (Å²) in [6.07, 6.45) is 2.94. The van der Waals surface area contributed by atoms with E-state index in [4.69, 9.17) is 11.5 Å². The lowest BCUT2D eigenvalue weighted by Crippen LogP contribution is -2.34. The van der Waals surface area contributed by atoms with Crippen LogP contribution in [0.15, 0.2) is 48.0 Å². The van der Waals surface area contributed by atoms with Crippen molar-refractivity contribution in [1.82, 2.24) is 5.32 Å². The minimum Gasteiger partial charge on any atom is -0.366 e. The summed E-state index contributed by atoms with van der Waals surface area (Å²) in [4.78, 5) is 11.2. The van der Waals surface area contributed by atoms with Crippen molar-refractivity contribution in [2.45, 2.75) is 31.3 Å². The summed E-state index contributed by atoms with van der Waals surface area (Å²) >= 11 is 0. The molecule has 2 aromatic rings. The van der Waals surface area contributed by atoms with Gasteiger partial charge >= 0.3 is 0 Å². The number of rotatable bonds is 6. The van der Waals surface area contributed by atoms with Crippen LogP contribution in [0.25, 0.3) is 0 Å². The molecule has 1 aliphatic rings. The molecule has 148 valence electrons. The fraction of sp³-hybridized carbons (Fsp3) is 0.286. The molecule has 0 spiro atoms. The minimum absolute atomic E-state index is 0.109. The number of allylic oxidation sites excluding steroid dienone is 1. The number of benzene rings is 2. The molecule has 28 heavy (non-hydrogen) atoms. The number of primary amides is 1. The first-order valence-electron chi connectivity index (χ1n) is 9.02. The molecule has 2 atom stereocenters. The Morgan fingerprint density at radius 1 is 1.07 bits per heavy atom. The fourth-order valence-corrected chi connectivity index (χ4v) is 3.52. The fourth-order valence-electron chi connectivity index (χ4n) is 3.52. The number of nitrogens with one attached hydrogen (secondary N) is 1. The Labute approximate surface area is 161 Å². The standard InChI is InChI=1S/C21H22F3N3O/c22-17-9-19(24)18(23)8-16(17)15-5-4-13(7-20(15)25)11-27-10-12-2-1-3-14(6-12)21(26)28/h1-4,6,8-9,15,20,27H,5,7,10-11,25H2,(H2,26,28). The molecule has 0 bridgehead atoms. The molecule has 4 nitrogen and oxygen atoms in total. The van der Waals surface area contributed by atoms with Gasteiger partial charge in [-0.05, 0) is 42.2 Å². The van der Waals surface area contributed by atoms with E-state index in [1.807, 2.05) is 12.1 Å². The average Bonchev–Trinajstić information content (AvgIpc) is 2.65. The Morgan fingerprint density at radius 2 is 1.82 bits per heavy atom. The van der Waals surface area contributed by atoms with Crippen LogP contribution < -0.4 is 16.8 Å². The van der Waals surface area contributed by atoms with Crippen LogP contribution in [0.5, 0.6) is 0 Å². The van der Waals surface area contributed by atoms with Crippen molar-refractivity contribution in [2.75, 3.05) is 6.54 Å². The molecule has 3 rings (SSSR count). The zero-order valence-electron chi connectivity index (χ0n) is 15.2. The van der Waals surface area contributed by atoms with Gasteiger partial charge in [-0.3, -0.25) is 4.79 Å². The van der Waals surface area contributed by atoms with Gasteiger partial charge in [0.15, 0.2) is 11.6 Å². The lowest BCUT2D eigenvalue weighted by atomic mass is 9.80. The van der Waals surface area contributed by atoms with Crippen molar-refractivity contribution in [2.24, 2.45) is 11.5 Å². The van der Waals surface area contributed by atoms with Gasteiger partial charge in [-0.15, -0.1) is 0 Å². The van der Waals surface area contributed by atoms with Gasteiger partial charge in [0.05, 0.1) is 0 Å². The van der Waals surface area contributed by atoms with Crippen molar-refractivity contribution < 1.29 is 18.0 Å². The largest absolute Gasteiger partial charge is 0.366 e. The third-order valence-corrected chi connectivity index (χ3v) is 5.01. The number of carbonyl (C=O) groups is 1. The van der Waals surface area contributed by atoms with Gasteiger partial charge in [0.1, 0.15) is 5.82 Å². The molecule has 2 unspecified atom stereocenters. The highest BCUT2D eigenvalue weighted by Gasteiger charge is 2.27. The van der Waals surface area contributed by atoms with E-state index in [2.05, 4.69) is 5.32 Å². The van der Waals surface area contributed by atoms with Gasteiger partial charge < -0.3 is 16.8 Å². The number of hydrogen-bond acceptors (Lipinski definition) is 3. The third kappa shape index (κ3) is 4.61. The highest BCUT2D eigenvalue weighted by molar-refractivity contribution is 5.92. The maximum atomic E-state index is 14.0. The van der Waals surface area contributed by atoms with Crippen molar-refractivity contribution >= 4 is 5.91 Å². The third-order valence-electron chi connectivity index (χ3n) is 5.01. The van der Waals surface area contributed by atoms with Crippen molar-refractivity contribution in [3.8, 4) is 0 Å². The van der Waals surface area contributed by atoms with E-state index in [1.165, 1.54) is 0 Å². The van der Waals surface area contributed by atoms with Crippen LogP contribution in [-0.4, -0.2) is 18.5 Å². The Bertz CT molecular complexity index is 914. The van der Waals surface area contributed by atoms with Gasteiger partial charge in [0.2, 0.25) is 5.91 Å². The minimum atomic E-state index is -1.20. The number of carbonyl (C=O) groups excluding carboxylic acids is 1. The molecule has 5 N–H and O–H groups in total. The molecule has 0 radical (unpaired) electrons. The molecule has 0 heterocycles. The van der Waals surface area contributed by atoms with E-state index >= 15 is 0 Å². The monoisotopic (exact) mass is 389 g/mol. The van der Waals surface area contributed by atoms with Gasteiger partial charge in [0.25, 0.3) is 0 Å². The second-order valence-corrected chi connectivity index (χ2v) is 7.03. The van der Waals surface area contributed by atoms with Crippen LogP contribution in [0.3, 0.4) is 0 Å². The highest BCUT2D eigenvalue weighted by atomic mass is 19.2. The lowest BCUT2D eigenvalue weighted by molar-refractivity contribution is 0.1000. The van der Waals surface area contributed by atoms with Gasteiger partial charge in [-0.2, -0.15) is 0 Å². The molecule has 0 aromatic heterocycles. The molecule has 0 aliphatic heterocycles. The first-order valence-corrected chi connectivity index (χ1v) is 9.02. The zero-order valence-corrected chi connectivity index (χ0v) is 15.2. The van der Waals surface area contributed by atoms with Gasteiger partial charge in [-0.1, -0.05) is 23.8 Å². The molecule has 1 amide bonds. The Morgan fingerprint density at radius 3 is 2.54 bits per heavy atom. The second kappa shape index (κ2) is 8.58. The quantitative estimate of drug-likeness (QED) is 0.525. The SMILES string of the molecule is NC(=O)c1cccc(CNCC2=CCC(c3cc(F)c(F)cc3F)C(N)C2)c1. The molecule has 0 fully saturated rings. The van der Waals surface area contributed by atoms with Crippen molar-refractivity contribution in [3.05, 3.63) is 82.2 Å². The number of nitrogens with two attached hydrogens (primary N) is 2.